The third kappa shape index (κ3) is 2.88. The zero-order chi connectivity index (χ0) is 13.1. The summed E-state index contributed by atoms with van der Waals surface area (Å²) in [5.41, 5.74) is 2.30. The lowest BCUT2D eigenvalue weighted by molar-refractivity contribution is 0.410. The van der Waals surface area contributed by atoms with Gasteiger partial charge in [0.15, 0.2) is 0 Å². The zero-order valence-electron chi connectivity index (χ0n) is 11.0. The molecule has 0 aliphatic carbocycles. The minimum atomic E-state index is 0.339. The summed E-state index contributed by atoms with van der Waals surface area (Å²) in [6.45, 7) is 1.73. The molecule has 2 aromatic rings. The first kappa shape index (κ1) is 12.1. The van der Waals surface area contributed by atoms with Gasteiger partial charge in [0.25, 0.3) is 0 Å². The Hall–Kier alpha value is -2.00. The fourth-order valence-electron chi connectivity index (χ4n) is 2.12. The van der Waals surface area contributed by atoms with Crippen LogP contribution in [-0.4, -0.2) is 26.4 Å². The quantitative estimate of drug-likeness (QED) is 0.767. The highest BCUT2D eigenvalue weighted by Gasteiger charge is 2.26. The summed E-state index contributed by atoms with van der Waals surface area (Å²) in [4.78, 5) is 2.26. The Morgan fingerprint density at radius 1 is 1.11 bits per heavy atom. The van der Waals surface area contributed by atoms with Gasteiger partial charge in [0.1, 0.15) is 5.75 Å². The largest absolute Gasteiger partial charge is 0.497 e. The highest BCUT2D eigenvalue weighted by atomic mass is 16.6. The van der Waals surface area contributed by atoms with Crippen LogP contribution in [-0.2, 0) is 4.74 Å². The SMILES string of the molecule is COc1cccc(N(C[C@@H]2CO2)c2ccccc2)c1. The summed E-state index contributed by atoms with van der Waals surface area (Å²) in [5.74, 6) is 0.871. The molecule has 1 saturated heterocycles. The van der Waals surface area contributed by atoms with Gasteiger partial charge in [-0.25, -0.2) is 0 Å². The van der Waals surface area contributed by atoms with Crippen LogP contribution in [0.3, 0.4) is 0 Å². The first-order valence-electron chi connectivity index (χ1n) is 6.45. The van der Waals surface area contributed by atoms with E-state index in [9.17, 15) is 0 Å². The van der Waals surface area contributed by atoms with E-state index in [1.165, 1.54) is 5.69 Å². The average Bonchev–Trinajstić information content (AvgIpc) is 3.30. The van der Waals surface area contributed by atoms with E-state index in [1.54, 1.807) is 7.11 Å². The van der Waals surface area contributed by atoms with E-state index in [1.807, 2.05) is 18.2 Å². The zero-order valence-corrected chi connectivity index (χ0v) is 11.0. The van der Waals surface area contributed by atoms with Gasteiger partial charge in [-0.1, -0.05) is 24.3 Å². The van der Waals surface area contributed by atoms with Crippen LogP contribution in [0, 0.1) is 0 Å². The molecule has 0 unspecified atom stereocenters. The lowest BCUT2D eigenvalue weighted by Crippen LogP contribution is -2.22. The number of benzene rings is 2. The fourth-order valence-corrected chi connectivity index (χ4v) is 2.12. The number of para-hydroxylation sites is 1. The molecule has 0 N–H and O–H groups in total. The number of rotatable bonds is 5. The first-order chi connectivity index (χ1) is 9.36. The number of hydrogen-bond acceptors (Lipinski definition) is 3. The molecular formula is C16H17NO2. The van der Waals surface area contributed by atoms with Crippen molar-refractivity contribution in [2.45, 2.75) is 6.10 Å². The van der Waals surface area contributed by atoms with E-state index in [0.29, 0.717) is 6.10 Å². The van der Waals surface area contributed by atoms with Gasteiger partial charge in [-0.2, -0.15) is 0 Å². The van der Waals surface area contributed by atoms with E-state index >= 15 is 0 Å². The molecule has 1 heterocycles. The van der Waals surface area contributed by atoms with Crippen LogP contribution in [0.2, 0.25) is 0 Å². The molecular weight excluding hydrogens is 238 g/mol. The van der Waals surface area contributed by atoms with Crippen molar-refractivity contribution in [3.63, 3.8) is 0 Å². The second kappa shape index (κ2) is 5.33. The molecule has 98 valence electrons. The molecule has 1 aliphatic heterocycles. The Kier molecular flexibility index (Phi) is 3.38. The summed E-state index contributed by atoms with van der Waals surface area (Å²) < 4.78 is 10.7. The van der Waals surface area contributed by atoms with Crippen LogP contribution in [0.15, 0.2) is 54.6 Å². The monoisotopic (exact) mass is 255 g/mol. The highest BCUT2D eigenvalue weighted by Crippen LogP contribution is 2.30. The number of methoxy groups -OCH3 is 1. The number of anilines is 2. The number of epoxide rings is 1. The summed E-state index contributed by atoms with van der Waals surface area (Å²) in [6, 6.07) is 18.5. The maximum Gasteiger partial charge on any atom is 0.120 e. The third-order valence-electron chi connectivity index (χ3n) is 3.22. The maximum absolute atomic E-state index is 5.37. The van der Waals surface area contributed by atoms with Crippen molar-refractivity contribution in [1.82, 2.24) is 0 Å². The third-order valence-corrected chi connectivity index (χ3v) is 3.22. The normalized spacial score (nSPS) is 17.0. The predicted octanol–water partition coefficient (Wildman–Crippen LogP) is 3.23. The van der Waals surface area contributed by atoms with Gasteiger partial charge < -0.3 is 14.4 Å². The van der Waals surface area contributed by atoms with E-state index in [4.69, 9.17) is 9.47 Å². The Bertz CT molecular complexity index is 537. The van der Waals surface area contributed by atoms with Crippen LogP contribution < -0.4 is 9.64 Å². The molecule has 0 spiro atoms. The van der Waals surface area contributed by atoms with Crippen molar-refractivity contribution in [3.8, 4) is 5.75 Å². The molecule has 1 fully saturated rings. The van der Waals surface area contributed by atoms with Crippen molar-refractivity contribution < 1.29 is 9.47 Å². The summed E-state index contributed by atoms with van der Waals surface area (Å²) in [5, 5.41) is 0. The molecule has 1 atom stereocenters. The lowest BCUT2D eigenvalue weighted by Gasteiger charge is -2.24. The maximum atomic E-state index is 5.37. The molecule has 0 radical (unpaired) electrons. The van der Waals surface area contributed by atoms with Crippen LogP contribution in [0.25, 0.3) is 0 Å². The van der Waals surface area contributed by atoms with Crippen molar-refractivity contribution in [2.24, 2.45) is 0 Å². The Morgan fingerprint density at radius 3 is 2.53 bits per heavy atom. The topological polar surface area (TPSA) is 25.0 Å². The number of nitrogens with zero attached hydrogens (tertiary/aromatic N) is 1. The molecule has 3 nitrogen and oxygen atoms in total. The molecule has 0 aromatic heterocycles. The Labute approximate surface area is 113 Å². The van der Waals surface area contributed by atoms with Gasteiger partial charge in [0.05, 0.1) is 26.4 Å². The lowest BCUT2D eigenvalue weighted by atomic mass is 10.2. The van der Waals surface area contributed by atoms with Gasteiger partial charge in [0, 0.05) is 17.4 Å². The van der Waals surface area contributed by atoms with Gasteiger partial charge in [-0.3, -0.25) is 0 Å². The van der Waals surface area contributed by atoms with Gasteiger partial charge >= 0.3 is 0 Å². The standard InChI is InChI=1S/C16H17NO2/c1-18-15-9-5-8-14(10-15)17(11-16-12-19-16)13-6-3-2-4-7-13/h2-10,16H,11-12H2,1H3/t16-/m1/s1. The molecule has 3 heteroatoms. The van der Waals surface area contributed by atoms with Crippen LogP contribution >= 0.6 is 0 Å². The Balaban J connectivity index is 1.93. The molecule has 1 aliphatic rings. The minimum absolute atomic E-state index is 0.339. The molecule has 3 rings (SSSR count). The van der Waals surface area contributed by atoms with Crippen molar-refractivity contribution in [1.29, 1.82) is 0 Å². The van der Waals surface area contributed by atoms with Gasteiger partial charge in [0.2, 0.25) is 0 Å². The van der Waals surface area contributed by atoms with Crippen molar-refractivity contribution >= 4 is 11.4 Å². The summed E-state index contributed by atoms with van der Waals surface area (Å²) >= 11 is 0. The van der Waals surface area contributed by atoms with Gasteiger partial charge in [-0.05, 0) is 24.3 Å². The van der Waals surface area contributed by atoms with E-state index in [0.717, 1.165) is 24.6 Å². The number of hydrogen-bond donors (Lipinski definition) is 0. The average molecular weight is 255 g/mol. The van der Waals surface area contributed by atoms with E-state index < -0.39 is 0 Å². The van der Waals surface area contributed by atoms with Crippen LogP contribution in [0.4, 0.5) is 11.4 Å². The molecule has 19 heavy (non-hydrogen) atoms. The van der Waals surface area contributed by atoms with E-state index in [2.05, 4.69) is 41.3 Å². The molecule has 0 bridgehead atoms. The van der Waals surface area contributed by atoms with Gasteiger partial charge in [-0.15, -0.1) is 0 Å². The van der Waals surface area contributed by atoms with E-state index in [-0.39, 0.29) is 0 Å². The minimum Gasteiger partial charge on any atom is -0.497 e. The summed E-state index contributed by atoms with van der Waals surface area (Å²) in [6.07, 6.45) is 0.339. The van der Waals surface area contributed by atoms with Crippen LogP contribution in [0.1, 0.15) is 0 Å². The van der Waals surface area contributed by atoms with Crippen molar-refractivity contribution in [3.05, 3.63) is 54.6 Å². The first-order valence-corrected chi connectivity index (χ1v) is 6.45. The Morgan fingerprint density at radius 2 is 1.84 bits per heavy atom. The predicted molar refractivity (Wildman–Crippen MR) is 76.2 cm³/mol. The fraction of sp³-hybridized carbons (Fsp3) is 0.250. The smallest absolute Gasteiger partial charge is 0.120 e. The van der Waals surface area contributed by atoms with Crippen molar-refractivity contribution in [2.75, 3.05) is 25.2 Å². The number of ether oxygens (including phenoxy) is 2. The second-order valence-electron chi connectivity index (χ2n) is 4.60. The highest BCUT2D eigenvalue weighted by molar-refractivity contribution is 5.64. The molecule has 2 aromatic carbocycles. The second-order valence-corrected chi connectivity index (χ2v) is 4.60. The van der Waals surface area contributed by atoms with Crippen LogP contribution in [0.5, 0.6) is 5.75 Å². The molecule has 0 amide bonds. The molecule has 0 saturated carbocycles. The summed E-state index contributed by atoms with van der Waals surface area (Å²) in [7, 11) is 1.69.